The van der Waals surface area contributed by atoms with E-state index in [1.54, 1.807) is 0 Å². The van der Waals surface area contributed by atoms with Crippen molar-refractivity contribution in [2.75, 3.05) is 25.6 Å². The maximum atomic E-state index is 12.8. The normalized spacial score (nSPS) is 38.8. The first-order valence-electron chi connectivity index (χ1n) is 23.1. The van der Waals surface area contributed by atoms with E-state index in [4.69, 9.17) is 47.2 Å². The van der Waals surface area contributed by atoms with Gasteiger partial charge in [-0.25, -0.2) is 26.3 Å². The third kappa shape index (κ3) is 21.5. The molecule has 0 aromatic heterocycles. The van der Waals surface area contributed by atoms with E-state index in [2.05, 4.69) is 16.7 Å². The van der Waals surface area contributed by atoms with Gasteiger partial charge in [-0.1, -0.05) is 13.8 Å². The molecule has 5 heterocycles. The van der Waals surface area contributed by atoms with Gasteiger partial charge < -0.3 is 88.6 Å². The number of aliphatic hydroxyl groups excluding tert-OH is 7. The van der Waals surface area contributed by atoms with E-state index in [1.165, 1.54) is 4.72 Å². The van der Waals surface area contributed by atoms with Crippen molar-refractivity contribution in [3.63, 3.8) is 0 Å². The van der Waals surface area contributed by atoms with Crippen molar-refractivity contribution in [1.82, 2.24) is 9.44 Å². The lowest BCUT2D eigenvalue weighted by atomic mass is 9.94. The summed E-state index contributed by atoms with van der Waals surface area (Å²) in [5, 5.41) is 96.4. The van der Waals surface area contributed by atoms with Crippen molar-refractivity contribution in [3.05, 3.63) is 0 Å². The fourth-order valence-corrected chi connectivity index (χ4v) is 12.1. The molecule has 86 heavy (non-hydrogen) atoms. The number of hydrogen-bond donors (Lipinski definition) is 18. The van der Waals surface area contributed by atoms with Gasteiger partial charge in [-0.05, 0) is 0 Å². The van der Waals surface area contributed by atoms with Crippen LogP contribution in [0, 0.1) is 0 Å². The minimum atomic E-state index is -6.29. The lowest BCUT2D eigenvalue weighted by molar-refractivity contribution is -0.369. The van der Waals surface area contributed by atoms with Crippen LogP contribution in [0.2, 0.25) is 0 Å². The number of aliphatic hydroxyl groups is 7. The van der Waals surface area contributed by atoms with Crippen LogP contribution in [0.25, 0.3) is 0 Å². The number of hydrogen-bond acceptors (Lipinski definition) is 36. The summed E-state index contributed by atoms with van der Waals surface area (Å²) in [6.07, 6.45) is -60.8. The summed E-state index contributed by atoms with van der Waals surface area (Å²) in [4.78, 5) is 25.6. The zero-order valence-corrected chi connectivity index (χ0v) is 48.3. The molecule has 0 aromatic carbocycles. The maximum absolute atomic E-state index is 12.8. The Morgan fingerprint density at radius 2 is 0.826 bits per heavy atom. The van der Waals surface area contributed by atoms with Gasteiger partial charge in [-0.2, -0.15) is 68.4 Å². The first kappa shape index (κ1) is 75.9. The Balaban J connectivity index is 0.00000783. The van der Waals surface area contributed by atoms with E-state index in [0.29, 0.717) is 0 Å². The van der Waals surface area contributed by atoms with Crippen LogP contribution in [0.15, 0.2) is 0 Å². The van der Waals surface area contributed by atoms with Crippen LogP contribution in [-0.4, -0.2) is 321 Å². The molecular weight excluding hydrogens is 1360 g/mol. The van der Waals surface area contributed by atoms with Crippen molar-refractivity contribution in [1.29, 1.82) is 0 Å². The predicted octanol–water partition coefficient (Wildman–Crippen LogP) is -12.0. The van der Waals surface area contributed by atoms with Crippen molar-refractivity contribution >= 4 is 84.3 Å². The largest absolute Gasteiger partial charge is 0.479 e. The summed E-state index contributed by atoms with van der Waals surface area (Å²) in [6.45, 7) is -0.574. The highest BCUT2D eigenvalue weighted by Gasteiger charge is 2.61. The zero-order chi connectivity index (χ0) is 65.9. The summed E-state index contributed by atoms with van der Waals surface area (Å²) >= 11 is 0. The second-order valence-electron chi connectivity index (χ2n) is 17.7. The maximum Gasteiger partial charge on any atom is 0.397 e. The smallest absolute Gasteiger partial charge is 0.397 e. The van der Waals surface area contributed by atoms with E-state index in [-0.39, 0.29) is 0 Å². The van der Waals surface area contributed by atoms with Gasteiger partial charge in [-0.15, -0.1) is 0 Å². The zero-order valence-electron chi connectivity index (χ0n) is 42.5. The predicted molar refractivity (Wildman–Crippen MR) is 254 cm³/mol. The summed E-state index contributed by atoms with van der Waals surface area (Å²) in [7, 11) is -40.3. The minimum absolute atomic E-state index is 1.13. The van der Waals surface area contributed by atoms with Gasteiger partial charge in [0.2, 0.25) is 0 Å². The van der Waals surface area contributed by atoms with Crippen LogP contribution in [0.5, 0.6) is 0 Å². The number of carboxylic acids is 2. The van der Waals surface area contributed by atoms with Gasteiger partial charge in [0.1, 0.15) is 109 Å². The molecule has 0 aliphatic carbocycles. The van der Waals surface area contributed by atoms with E-state index >= 15 is 0 Å². The molecule has 5 aliphatic heterocycles. The van der Waals surface area contributed by atoms with Gasteiger partial charge in [0.15, 0.2) is 43.5 Å². The number of ether oxygens (including phenoxy) is 9. The number of carboxylic acid groups (broad SMARTS) is 2. The molecule has 5 rings (SSSR count). The average Bonchev–Trinajstić information content (AvgIpc) is 0.879. The molecule has 18 N–H and O–H groups in total. The van der Waals surface area contributed by atoms with Crippen molar-refractivity contribution in [2.24, 2.45) is 0 Å². The SMILES string of the molecule is CC.O=C(O)[C@H]1O[C@@H](O[C@H]2[C@H](OS(=O)(=O)O)[C@@H](NS(=O)(=O)O)[C@H](O[C@H]3[C@H](O)[C@@H](OS(=O)(=O)O)[C@H](O[C@@H]4[C@H](O)[C@@H](CO)O[C@@H]4CS(=O)(=O)O)O[C@H]3C(=O)O)O[C@@H]2COS(=O)(=O)O)[C@H](O)[C@@H](O)[C@@H]1O[C@H]1O[C@H](COS(=O)(=O)O)[C@@H](O)[C@H](O)[C@H]1NS(=O)(=O)O. The molecular formula is C32H56N2O45S7. The second-order valence-corrected chi connectivity index (χ2v) is 25.9. The fourth-order valence-electron chi connectivity index (χ4n) is 8.58. The van der Waals surface area contributed by atoms with Gasteiger partial charge in [0.25, 0.3) is 10.1 Å². The fraction of sp³-hybridized carbons (Fsp3) is 0.938. The molecule has 506 valence electrons. The van der Waals surface area contributed by atoms with Gasteiger partial charge in [0, 0.05) is 0 Å². The summed E-state index contributed by atoms with van der Waals surface area (Å²) in [5.74, 6) is -6.30. The standard InChI is InChI=1S/C30H50N2O45S7.C2H6/c33-1-5-12(35)17(8(67-5)4-78(44,45)46)70-30-22(77-84(62,63)64)16(39)21(24(75-30)26(42)43)73-28-10(32-80(50,51)52)19(76-83(59,60)61)18(7(69-28)3-66-82(56,57)58)71-29-15(38)14(37)20(23(74-29)25(40)41)72-27-9(31-79(47,48)49)13(36)11(34)6(68-27)2-65-81(53,54)55;1-2/h5-24,27-39H,1-4H2,(H,40,41)(H,42,43)(H,44,45,46)(H,47,48,49)(H,50,51,52)(H,53,54,55)(H,56,57,58)(H,59,60,61)(H,62,63,64);1-2H3/t5-,6-,7-,8-,9-,10-,11-,12-,13-,14-,15-,16+,17+,18-,19-,20+,21+,22-,23+,24-,27-,28+,29-,30-;/m1./s1. The lowest BCUT2D eigenvalue weighted by Crippen LogP contribution is -2.71. The third-order valence-corrected chi connectivity index (χ3v) is 15.5. The molecule has 0 saturated carbocycles. The minimum Gasteiger partial charge on any atom is -0.479 e. The van der Waals surface area contributed by atoms with Gasteiger partial charge in [0.05, 0.1) is 19.8 Å². The highest BCUT2D eigenvalue weighted by atomic mass is 32.3. The van der Waals surface area contributed by atoms with Crippen LogP contribution < -0.4 is 9.44 Å². The Labute approximate surface area is 484 Å². The van der Waals surface area contributed by atoms with E-state index < -0.39 is 257 Å². The molecule has 0 unspecified atom stereocenters. The first-order valence-corrected chi connectivity index (χ1v) is 33.1. The molecule has 5 aliphatic rings. The van der Waals surface area contributed by atoms with Crippen LogP contribution >= 0.6 is 0 Å². The van der Waals surface area contributed by atoms with Crippen LogP contribution in [0.1, 0.15) is 13.8 Å². The number of aliphatic carboxylic acids is 2. The van der Waals surface area contributed by atoms with Crippen molar-refractivity contribution < 1.29 is 206 Å². The highest BCUT2D eigenvalue weighted by molar-refractivity contribution is 7.85. The van der Waals surface area contributed by atoms with Gasteiger partial charge >= 0.3 is 74.1 Å². The van der Waals surface area contributed by atoms with Crippen LogP contribution in [0.4, 0.5) is 0 Å². The average molecular weight is 1410 g/mol. The molecule has 24 atom stereocenters. The summed E-state index contributed by atoms with van der Waals surface area (Å²) in [6, 6.07) is -5.72. The number of rotatable bonds is 27. The third-order valence-electron chi connectivity index (χ3n) is 11.9. The van der Waals surface area contributed by atoms with Gasteiger partial charge in [-0.3, -0.25) is 31.9 Å². The molecule has 5 saturated heterocycles. The molecule has 0 radical (unpaired) electrons. The second kappa shape index (κ2) is 29.4. The molecule has 5 fully saturated rings. The molecule has 0 bridgehead atoms. The Kier molecular flexibility index (Phi) is 25.9. The Bertz CT molecular complexity index is 3140. The van der Waals surface area contributed by atoms with Crippen molar-refractivity contribution in [2.45, 2.75) is 161 Å². The van der Waals surface area contributed by atoms with Crippen LogP contribution in [0.3, 0.4) is 0 Å². The Morgan fingerprint density at radius 3 is 1.28 bits per heavy atom. The molecule has 54 heteroatoms. The highest BCUT2D eigenvalue weighted by Crippen LogP contribution is 2.38. The molecule has 0 spiro atoms. The first-order chi connectivity index (χ1) is 39.1. The van der Waals surface area contributed by atoms with E-state index in [0.717, 1.165) is 4.72 Å². The number of nitrogens with one attached hydrogen (secondary N) is 2. The lowest BCUT2D eigenvalue weighted by Gasteiger charge is -2.50. The number of carbonyl (C=O) groups is 2. The van der Waals surface area contributed by atoms with E-state index in [9.17, 15) is 142 Å². The molecule has 47 nitrogen and oxygen atoms in total. The Morgan fingerprint density at radius 1 is 0.407 bits per heavy atom. The molecule has 0 aromatic rings. The quantitative estimate of drug-likeness (QED) is 0.0340. The topological polar surface area (TPSA) is 741 Å². The Hall–Kier alpha value is -2.57. The summed E-state index contributed by atoms with van der Waals surface area (Å²) in [5.41, 5.74) is 0. The summed E-state index contributed by atoms with van der Waals surface area (Å²) < 4.78 is 302. The van der Waals surface area contributed by atoms with E-state index in [1.807, 2.05) is 13.8 Å². The van der Waals surface area contributed by atoms with Crippen LogP contribution in [-0.2, 0) is 141 Å². The monoisotopic (exact) mass is 1410 g/mol. The molecule has 0 amide bonds. The van der Waals surface area contributed by atoms with Crippen molar-refractivity contribution in [3.8, 4) is 0 Å².